The van der Waals surface area contributed by atoms with Crippen LogP contribution in [0.15, 0.2) is 42.6 Å². The van der Waals surface area contributed by atoms with Gasteiger partial charge in [0.15, 0.2) is 0 Å². The lowest BCUT2D eigenvalue weighted by molar-refractivity contribution is 0.0946. The van der Waals surface area contributed by atoms with Crippen molar-refractivity contribution in [3.63, 3.8) is 0 Å². The summed E-state index contributed by atoms with van der Waals surface area (Å²) in [7, 11) is 0. The van der Waals surface area contributed by atoms with Crippen LogP contribution in [-0.2, 0) is 6.54 Å². The topological polar surface area (TPSA) is 68.0 Å². The second-order valence-corrected chi connectivity index (χ2v) is 4.25. The van der Waals surface area contributed by atoms with Gasteiger partial charge in [-0.25, -0.2) is 9.37 Å². The van der Waals surface area contributed by atoms with E-state index in [0.29, 0.717) is 11.1 Å². The van der Waals surface area contributed by atoms with Gasteiger partial charge in [-0.05, 0) is 29.8 Å². The summed E-state index contributed by atoms with van der Waals surface area (Å²) in [6.45, 7) is 0.517. The maximum Gasteiger partial charge on any atom is 0.270 e. The molecular formula is C16H14FN3O. The zero-order chi connectivity index (χ0) is 15.1. The molecule has 4 nitrogen and oxygen atoms in total. The van der Waals surface area contributed by atoms with Crippen LogP contribution < -0.4 is 11.1 Å². The van der Waals surface area contributed by atoms with E-state index in [0.717, 1.165) is 0 Å². The Hall–Kier alpha value is -2.71. The van der Waals surface area contributed by atoms with Crippen LogP contribution in [-0.4, -0.2) is 17.4 Å². The average molecular weight is 283 g/mol. The van der Waals surface area contributed by atoms with Gasteiger partial charge in [0.2, 0.25) is 0 Å². The van der Waals surface area contributed by atoms with Crippen molar-refractivity contribution in [1.82, 2.24) is 10.3 Å². The highest BCUT2D eigenvalue weighted by molar-refractivity contribution is 5.92. The lowest BCUT2D eigenvalue weighted by atomic mass is 10.2. The lowest BCUT2D eigenvalue weighted by Gasteiger charge is -2.05. The van der Waals surface area contributed by atoms with Crippen molar-refractivity contribution >= 4 is 5.91 Å². The van der Waals surface area contributed by atoms with E-state index in [4.69, 9.17) is 5.73 Å². The molecule has 0 atom stereocenters. The van der Waals surface area contributed by atoms with Gasteiger partial charge >= 0.3 is 0 Å². The number of rotatable bonds is 3. The summed E-state index contributed by atoms with van der Waals surface area (Å²) in [6, 6.07) is 9.35. The molecule has 2 aromatic rings. The molecule has 5 heteroatoms. The molecule has 1 amide bonds. The fourth-order valence-corrected chi connectivity index (χ4v) is 1.68. The first kappa shape index (κ1) is 14.7. The van der Waals surface area contributed by atoms with Crippen LogP contribution in [0.25, 0.3) is 0 Å². The number of amides is 1. The number of carbonyl (C=O) groups is 1. The standard InChI is InChI=1S/C16H14FN3O/c17-14-5-1-3-13(9-14)11-20-16(21)15-7-6-12(10-19-15)4-2-8-18/h1,3,5-7,9-10H,8,11,18H2,(H,20,21). The quantitative estimate of drug-likeness (QED) is 0.838. The number of pyridine rings is 1. The molecule has 21 heavy (non-hydrogen) atoms. The van der Waals surface area contributed by atoms with Gasteiger partial charge in [0.1, 0.15) is 11.5 Å². The van der Waals surface area contributed by atoms with E-state index >= 15 is 0 Å². The van der Waals surface area contributed by atoms with Gasteiger partial charge in [-0.3, -0.25) is 4.79 Å². The number of hydrogen-bond acceptors (Lipinski definition) is 3. The normalized spacial score (nSPS) is 9.62. The Balaban J connectivity index is 1.97. The minimum Gasteiger partial charge on any atom is -0.347 e. The van der Waals surface area contributed by atoms with Crippen LogP contribution in [0.2, 0.25) is 0 Å². The van der Waals surface area contributed by atoms with Crippen molar-refractivity contribution < 1.29 is 9.18 Å². The summed E-state index contributed by atoms with van der Waals surface area (Å²) in [6.07, 6.45) is 1.51. The van der Waals surface area contributed by atoms with Gasteiger partial charge in [0, 0.05) is 18.3 Å². The molecule has 0 aliphatic carbocycles. The SMILES string of the molecule is NCC#Cc1ccc(C(=O)NCc2cccc(F)c2)nc1. The summed E-state index contributed by atoms with van der Waals surface area (Å²) in [5.74, 6) is 4.88. The molecule has 3 N–H and O–H groups in total. The van der Waals surface area contributed by atoms with E-state index in [1.54, 1.807) is 24.3 Å². The maximum atomic E-state index is 13.0. The van der Waals surface area contributed by atoms with Crippen LogP contribution in [0.5, 0.6) is 0 Å². The van der Waals surface area contributed by atoms with Gasteiger partial charge in [0.25, 0.3) is 5.91 Å². The molecule has 106 valence electrons. The maximum absolute atomic E-state index is 13.0. The van der Waals surface area contributed by atoms with Gasteiger partial charge in [-0.2, -0.15) is 0 Å². The van der Waals surface area contributed by atoms with Crippen molar-refractivity contribution in [3.05, 3.63) is 65.2 Å². The molecule has 0 spiro atoms. The van der Waals surface area contributed by atoms with Crippen LogP contribution in [0.3, 0.4) is 0 Å². The first-order valence-electron chi connectivity index (χ1n) is 6.36. The Kier molecular flexibility index (Phi) is 5.02. The molecule has 0 saturated carbocycles. The molecule has 0 saturated heterocycles. The summed E-state index contributed by atoms with van der Waals surface area (Å²) >= 11 is 0. The lowest BCUT2D eigenvalue weighted by Crippen LogP contribution is -2.23. The minimum atomic E-state index is -0.331. The van der Waals surface area contributed by atoms with Gasteiger partial charge in [-0.1, -0.05) is 24.0 Å². The molecule has 0 bridgehead atoms. The average Bonchev–Trinajstić information content (AvgIpc) is 2.51. The van der Waals surface area contributed by atoms with Crippen LogP contribution in [0, 0.1) is 17.7 Å². The van der Waals surface area contributed by atoms with Crippen LogP contribution >= 0.6 is 0 Å². The molecule has 0 unspecified atom stereocenters. The van der Waals surface area contributed by atoms with E-state index in [-0.39, 0.29) is 30.5 Å². The molecule has 2 rings (SSSR count). The van der Waals surface area contributed by atoms with E-state index < -0.39 is 0 Å². The van der Waals surface area contributed by atoms with E-state index in [1.165, 1.54) is 18.3 Å². The first-order valence-corrected chi connectivity index (χ1v) is 6.36. The highest BCUT2D eigenvalue weighted by Crippen LogP contribution is 2.04. The first-order chi connectivity index (χ1) is 10.2. The van der Waals surface area contributed by atoms with E-state index in [1.807, 2.05) is 0 Å². The number of halogens is 1. The predicted octanol–water partition coefficient (Wildman–Crippen LogP) is 1.46. The second-order valence-electron chi connectivity index (χ2n) is 4.25. The smallest absolute Gasteiger partial charge is 0.270 e. The van der Waals surface area contributed by atoms with E-state index in [2.05, 4.69) is 22.1 Å². The largest absolute Gasteiger partial charge is 0.347 e. The van der Waals surface area contributed by atoms with Crippen molar-refractivity contribution in [3.8, 4) is 11.8 Å². The Morgan fingerprint density at radius 1 is 1.33 bits per heavy atom. The molecule has 0 aliphatic heterocycles. The number of nitrogens with two attached hydrogens (primary N) is 1. The number of benzene rings is 1. The van der Waals surface area contributed by atoms with Crippen LogP contribution in [0.1, 0.15) is 21.6 Å². The zero-order valence-electron chi connectivity index (χ0n) is 11.3. The van der Waals surface area contributed by atoms with Crippen molar-refractivity contribution in [2.45, 2.75) is 6.54 Å². The molecule has 0 radical (unpaired) electrons. The zero-order valence-corrected chi connectivity index (χ0v) is 11.3. The molecule has 0 aliphatic rings. The third-order valence-corrected chi connectivity index (χ3v) is 2.67. The van der Waals surface area contributed by atoms with Crippen molar-refractivity contribution in [2.75, 3.05) is 6.54 Å². The molecule has 1 aromatic heterocycles. The number of carbonyl (C=O) groups excluding carboxylic acids is 1. The summed E-state index contributed by atoms with van der Waals surface area (Å²) in [5, 5.41) is 2.68. The monoisotopic (exact) mass is 283 g/mol. The van der Waals surface area contributed by atoms with Crippen molar-refractivity contribution in [1.29, 1.82) is 0 Å². The Bertz CT molecular complexity index is 687. The summed E-state index contributed by atoms with van der Waals surface area (Å²) in [5.41, 5.74) is 6.94. The molecule has 1 aromatic carbocycles. The third-order valence-electron chi connectivity index (χ3n) is 2.67. The fraction of sp³-hybridized carbons (Fsp3) is 0.125. The summed E-state index contributed by atoms with van der Waals surface area (Å²) < 4.78 is 13.0. The van der Waals surface area contributed by atoms with E-state index in [9.17, 15) is 9.18 Å². The fourth-order valence-electron chi connectivity index (χ4n) is 1.68. The molecule has 1 heterocycles. The Labute approximate surface area is 122 Å². The summed E-state index contributed by atoms with van der Waals surface area (Å²) in [4.78, 5) is 15.9. The Morgan fingerprint density at radius 2 is 2.19 bits per heavy atom. The minimum absolute atomic E-state index is 0.243. The van der Waals surface area contributed by atoms with Gasteiger partial charge in [0.05, 0.1) is 6.54 Å². The highest BCUT2D eigenvalue weighted by atomic mass is 19.1. The predicted molar refractivity (Wildman–Crippen MR) is 77.7 cm³/mol. The second kappa shape index (κ2) is 7.17. The Morgan fingerprint density at radius 3 is 2.86 bits per heavy atom. The number of nitrogens with zero attached hydrogens (tertiary/aromatic N) is 1. The van der Waals surface area contributed by atoms with Gasteiger partial charge < -0.3 is 11.1 Å². The van der Waals surface area contributed by atoms with Gasteiger partial charge in [-0.15, -0.1) is 0 Å². The number of nitrogens with one attached hydrogen (secondary N) is 1. The third kappa shape index (κ3) is 4.41. The number of hydrogen-bond donors (Lipinski definition) is 2. The molecule has 0 fully saturated rings. The molecular weight excluding hydrogens is 269 g/mol. The van der Waals surface area contributed by atoms with Crippen molar-refractivity contribution in [2.24, 2.45) is 5.73 Å². The number of aromatic nitrogens is 1. The highest BCUT2D eigenvalue weighted by Gasteiger charge is 2.06. The van der Waals surface area contributed by atoms with Crippen LogP contribution in [0.4, 0.5) is 4.39 Å².